The molecule has 0 bridgehead atoms. The second kappa shape index (κ2) is 9.40. The second-order valence-electron chi connectivity index (χ2n) is 3.97. The molecule has 24 nitrogen and oxygen atoms in total. The largest absolute Gasteiger partial charge is 0.462 e. The Bertz CT molecular complexity index is 910. The Labute approximate surface area is 154 Å². The van der Waals surface area contributed by atoms with Crippen molar-refractivity contribution in [1.29, 1.82) is 0 Å². The van der Waals surface area contributed by atoms with Gasteiger partial charge in [0.1, 0.15) is 29.3 Å². The van der Waals surface area contributed by atoms with Crippen molar-refractivity contribution in [1.82, 2.24) is 14.6 Å². The predicted molar refractivity (Wildman–Crippen MR) is 103 cm³/mol. The van der Waals surface area contributed by atoms with Crippen LogP contribution in [0.2, 0.25) is 0 Å². The molecule has 0 saturated carbocycles. The summed E-state index contributed by atoms with van der Waals surface area (Å²) >= 11 is 0. The minimum atomic E-state index is -4.17. The maximum absolute atomic E-state index is 8.88. The third-order valence-corrected chi connectivity index (χ3v) is 13.1. The fraction of sp³-hybridized carbons (Fsp3) is 0. The molecule has 1 aliphatic rings. The van der Waals surface area contributed by atoms with Crippen LogP contribution in [-0.2, 0) is 0 Å². The van der Waals surface area contributed by atoms with Crippen molar-refractivity contribution >= 4 is 31.1 Å². The quantitative estimate of drug-likeness (QED) is 0.145. The van der Waals surface area contributed by atoms with Gasteiger partial charge in [-0.15, -0.1) is 0 Å². The highest BCUT2D eigenvalue weighted by molar-refractivity contribution is 7.95. The van der Waals surface area contributed by atoms with Gasteiger partial charge in [-0.2, -0.15) is 0 Å². The predicted octanol–water partition coefficient (Wildman–Crippen LogP) is 5.53. The van der Waals surface area contributed by atoms with E-state index < -0.39 is 31.1 Å². The van der Waals surface area contributed by atoms with Crippen molar-refractivity contribution in [3.05, 3.63) is 62.7 Å². The van der Waals surface area contributed by atoms with Crippen LogP contribution in [0.5, 0.6) is 0 Å². The molecule has 1 aliphatic heterocycles. The van der Waals surface area contributed by atoms with Gasteiger partial charge in [0.25, 0.3) is 0 Å². The summed E-state index contributed by atoms with van der Waals surface area (Å²) in [5.41, 5.74) is 64.7. The first-order valence-corrected chi connectivity index (χ1v) is 12.8. The van der Waals surface area contributed by atoms with Gasteiger partial charge in [-0.3, -0.25) is 11.0 Å². The lowest BCUT2D eigenvalue weighted by Gasteiger charge is -2.25. The van der Waals surface area contributed by atoms with E-state index in [9.17, 15) is 0 Å². The smallest absolute Gasteiger partial charge is 0.268 e. The zero-order chi connectivity index (χ0) is 21.3. The monoisotopic (exact) mass is 467 g/mol. The fourth-order valence-electron chi connectivity index (χ4n) is 1.53. The number of nitrogens with two attached hydrogens (primary N) is 2. The molecule has 0 radical (unpaired) electrons. The Morgan fingerprint density at radius 2 is 1.04 bits per heavy atom. The van der Waals surface area contributed by atoms with Crippen LogP contribution in [0.1, 0.15) is 0 Å². The molecular weight excluding hydrogens is 460 g/mol. The van der Waals surface area contributed by atoms with Crippen LogP contribution < -0.4 is 25.6 Å². The zero-order valence-electron chi connectivity index (χ0n) is 12.9. The van der Waals surface area contributed by atoms with Gasteiger partial charge in [0.2, 0.25) is 7.51 Å². The lowest BCUT2D eigenvalue weighted by Crippen LogP contribution is -2.33. The first kappa shape index (κ1) is 23.2. The van der Waals surface area contributed by atoms with E-state index in [2.05, 4.69) is 77.9 Å². The van der Waals surface area contributed by atoms with Gasteiger partial charge in [0.15, 0.2) is 0 Å². The van der Waals surface area contributed by atoms with E-state index in [-0.39, 0.29) is 0 Å². The van der Waals surface area contributed by atoms with Crippen molar-refractivity contribution in [3.8, 4) is 0 Å². The van der Waals surface area contributed by atoms with Crippen molar-refractivity contribution in [2.75, 3.05) is 0 Å². The summed E-state index contributed by atoms with van der Waals surface area (Å²) < 4.78 is 3.80. The molecule has 0 atom stereocenters. The van der Waals surface area contributed by atoms with Gasteiger partial charge < -0.3 is 0 Å². The standard InChI is InChI=1S/H7N24P4/c1-9-15-26(16-10-2)21-25(7,8)22-27(17-11-3,18-12-4)24-28(23-26,19-13-5)20-14-6/h21,23-24H,7-8H2/q+3. The third kappa shape index (κ3) is 5.59. The molecule has 28 heavy (non-hydrogen) atoms. The zero-order valence-corrected chi connectivity index (χ0v) is 16.5. The van der Waals surface area contributed by atoms with Gasteiger partial charge in [-0.1, -0.05) is 9.37 Å². The lowest BCUT2D eigenvalue weighted by atomic mass is 13.0. The van der Waals surface area contributed by atoms with Crippen molar-refractivity contribution < 1.29 is 0 Å². The molecule has 0 aromatic rings. The molecule has 7 N–H and O–H groups in total. The van der Waals surface area contributed by atoms with Gasteiger partial charge >= 0.3 is 23.6 Å². The summed E-state index contributed by atoms with van der Waals surface area (Å²) in [5.74, 6) is 0. The van der Waals surface area contributed by atoms with Crippen molar-refractivity contribution in [2.45, 2.75) is 0 Å². The normalized spacial score (nSPS) is 30.4. The lowest BCUT2D eigenvalue weighted by molar-refractivity contribution is 1.19. The summed E-state index contributed by atoms with van der Waals surface area (Å²) in [5, 5.41) is 0. The minimum Gasteiger partial charge on any atom is -0.268 e. The Balaban J connectivity index is 4.11. The highest BCUT2D eigenvalue weighted by Gasteiger charge is 2.68. The summed E-state index contributed by atoms with van der Waals surface area (Å²) in [7, 11) is -16.2. The number of nitrogens with one attached hydrogen (secondary N) is 3. The van der Waals surface area contributed by atoms with E-state index in [1.807, 2.05) is 0 Å². The van der Waals surface area contributed by atoms with E-state index in [0.717, 1.165) is 0 Å². The first-order chi connectivity index (χ1) is 13.2. The second-order valence-corrected chi connectivity index (χ2v) is 13.2. The molecule has 0 amide bonds. The Hall–Kier alpha value is -2.82. The Morgan fingerprint density at radius 3 is 1.43 bits per heavy atom. The molecular formula is H7N24P4+3. The van der Waals surface area contributed by atoms with Crippen molar-refractivity contribution in [2.24, 2.45) is 44.8 Å². The van der Waals surface area contributed by atoms with Gasteiger partial charge in [0, 0.05) is 39.2 Å². The summed E-state index contributed by atoms with van der Waals surface area (Å²) in [6.07, 6.45) is 0. The number of rotatable bonds is 6. The van der Waals surface area contributed by atoms with E-state index in [4.69, 9.17) is 44.2 Å². The Morgan fingerprint density at radius 1 is 0.643 bits per heavy atom. The van der Waals surface area contributed by atoms with Crippen LogP contribution in [0.3, 0.4) is 0 Å². The van der Waals surface area contributed by atoms with E-state index >= 15 is 0 Å². The van der Waals surface area contributed by atoms with Crippen LogP contribution >= 0.6 is 31.1 Å². The van der Waals surface area contributed by atoms with Crippen LogP contribution in [0, 0.1) is 0 Å². The number of nitrogens with zero attached hydrogens (tertiary/aromatic N) is 19. The topological polar surface area (TPSA) is 393 Å². The highest BCUT2D eigenvalue weighted by Crippen LogP contribution is 2.81. The summed E-state index contributed by atoms with van der Waals surface area (Å²) in [6.45, 7) is 0. The fourth-order valence-corrected chi connectivity index (χ4v) is 12.9. The average molecular weight is 467 g/mol. The molecule has 0 unspecified atom stereocenters. The molecule has 0 fully saturated rings. The van der Waals surface area contributed by atoms with Gasteiger partial charge in [0.05, 0.1) is 0 Å². The molecule has 0 aromatic carbocycles. The highest BCUT2D eigenvalue weighted by atomic mass is 31.3. The molecule has 0 saturated heterocycles. The van der Waals surface area contributed by atoms with Crippen LogP contribution in [-0.4, -0.2) is 0 Å². The van der Waals surface area contributed by atoms with Crippen LogP contribution in [0.25, 0.3) is 62.7 Å². The summed E-state index contributed by atoms with van der Waals surface area (Å²) in [4.78, 5) is 41.4. The number of hydrogen-bond acceptors (Lipinski definition) is 12. The third-order valence-electron chi connectivity index (χ3n) is 2.13. The maximum Gasteiger partial charge on any atom is 0.462 e. The molecule has 1 rings (SSSR count). The van der Waals surface area contributed by atoms with E-state index in [1.54, 1.807) is 0 Å². The molecule has 28 heteroatoms. The van der Waals surface area contributed by atoms with Gasteiger partial charge in [-0.05, 0) is 33.2 Å². The number of hydrogen-bond donors (Lipinski definition) is 5. The number of azide groups is 3. The van der Waals surface area contributed by atoms with E-state index in [1.165, 1.54) is 0 Å². The first-order valence-electron chi connectivity index (χ1n) is 5.86. The van der Waals surface area contributed by atoms with Crippen LogP contribution in [0.15, 0.2) is 33.8 Å². The van der Waals surface area contributed by atoms with Gasteiger partial charge in [-0.25, -0.2) is 0 Å². The summed E-state index contributed by atoms with van der Waals surface area (Å²) in [6, 6.07) is 0. The maximum atomic E-state index is 8.88. The SMILES string of the molecule is [N-]=[N+]=N[P+]1(N=[N+]=[N-])N=P(N)(N)N[P+](N=[N+]=[N-])(N=[N+]=[N-])N[P+](N=[N+]=[N-])(N=[N+]=[N-])N1. The van der Waals surface area contributed by atoms with E-state index in [0.29, 0.717) is 0 Å². The Kier molecular flexibility index (Phi) is 7.79. The van der Waals surface area contributed by atoms with Crippen LogP contribution in [0.4, 0.5) is 0 Å². The molecule has 0 aromatic heterocycles. The average Bonchev–Trinajstić information content (AvgIpc) is 2.54. The molecule has 1 heterocycles. The molecule has 144 valence electrons. The minimum absolute atomic E-state index is 2.27. The molecule has 0 aliphatic carbocycles. The van der Waals surface area contributed by atoms with Crippen molar-refractivity contribution in [3.63, 3.8) is 0 Å². The molecule has 0 spiro atoms.